The van der Waals surface area contributed by atoms with Gasteiger partial charge in [-0.25, -0.2) is 9.88 Å². The molecule has 0 radical (unpaired) electrons. The van der Waals surface area contributed by atoms with Gasteiger partial charge in [0.05, 0.1) is 0 Å². The summed E-state index contributed by atoms with van der Waals surface area (Å²) in [7, 11) is 3.49. The topological polar surface area (TPSA) is 133 Å². The summed E-state index contributed by atoms with van der Waals surface area (Å²) >= 11 is 0. The van der Waals surface area contributed by atoms with Crippen LogP contribution in [0.4, 0.5) is 17.5 Å². The van der Waals surface area contributed by atoms with Crippen molar-refractivity contribution >= 4 is 41.5 Å². The molecule has 1 aromatic heterocycles. The van der Waals surface area contributed by atoms with Crippen molar-refractivity contribution in [2.75, 3.05) is 50.1 Å². The van der Waals surface area contributed by atoms with E-state index < -0.39 is 5.91 Å². The number of nitrogens with zero attached hydrogens (tertiary/aromatic N) is 4. The molecule has 1 atom stereocenters. The highest BCUT2D eigenvalue weighted by Gasteiger charge is 2.44. The van der Waals surface area contributed by atoms with Crippen molar-refractivity contribution in [3.05, 3.63) is 5.69 Å². The van der Waals surface area contributed by atoms with Crippen LogP contribution in [0.2, 0.25) is 0 Å². The first-order valence-corrected chi connectivity index (χ1v) is 8.93. The number of nitrogens with one attached hydrogen (secondary N) is 4. The zero-order valence-corrected chi connectivity index (χ0v) is 16.7. The molecule has 0 bridgehead atoms. The molecule has 1 unspecified atom stereocenters. The molecule has 3 heterocycles. The monoisotopic (exact) mass is 397 g/mol. The van der Waals surface area contributed by atoms with E-state index in [2.05, 4.69) is 48.1 Å². The van der Waals surface area contributed by atoms with Crippen LogP contribution in [0.25, 0.3) is 0 Å². The predicted octanol–water partition coefficient (Wildman–Crippen LogP) is 0.190. The second-order valence-corrected chi connectivity index (χ2v) is 6.39. The lowest BCUT2D eigenvalue weighted by molar-refractivity contribution is -0.123. The van der Waals surface area contributed by atoms with Crippen LogP contribution in [0.3, 0.4) is 0 Å². The molecule has 1 saturated heterocycles. The summed E-state index contributed by atoms with van der Waals surface area (Å²) in [6.45, 7) is 4.18. The van der Waals surface area contributed by atoms with E-state index >= 15 is 0 Å². The summed E-state index contributed by atoms with van der Waals surface area (Å²) < 4.78 is 0. The van der Waals surface area contributed by atoms with Crippen LogP contribution in [0, 0.1) is 0 Å². The minimum atomic E-state index is -0.774. The number of fused-ring (bicyclic) bond motifs is 1. The van der Waals surface area contributed by atoms with Crippen molar-refractivity contribution in [2.45, 2.75) is 32.1 Å². The van der Waals surface area contributed by atoms with E-state index in [-0.39, 0.29) is 18.4 Å². The Labute approximate surface area is 165 Å². The summed E-state index contributed by atoms with van der Waals surface area (Å²) in [5.41, 5.74) is 7.19. The van der Waals surface area contributed by atoms with E-state index in [0.29, 0.717) is 49.1 Å². The zero-order chi connectivity index (χ0) is 18.7. The van der Waals surface area contributed by atoms with Gasteiger partial charge in [-0.2, -0.15) is 4.98 Å². The molecule has 1 fully saturated rings. The highest BCUT2D eigenvalue weighted by atomic mass is 35.5. The molecule has 10 nitrogen and oxygen atoms in total. The Balaban J connectivity index is 0.00000261. The molecule has 0 spiro atoms. The summed E-state index contributed by atoms with van der Waals surface area (Å²) in [5.74, 6) is 0.912. The number of piperidine rings is 1. The first-order chi connectivity index (χ1) is 12.5. The van der Waals surface area contributed by atoms with E-state index in [1.807, 2.05) is 0 Å². The number of hydrogen-bond donors (Lipinski definition) is 5. The standard InChI is InChI=1S/C16H27N9O.ClH/c1-4-7-20-16(25-8-5-10(26)6-9-25)23-12-11(14(19-3)24-16)21-15(17)22-13(12)18-2;/h20,23H,4-9H2,1-3H3,(H,19,24)(H3,17,18,21,22);1H. The van der Waals surface area contributed by atoms with Gasteiger partial charge in [0.15, 0.2) is 11.7 Å². The molecule has 6 N–H and O–H groups in total. The smallest absolute Gasteiger partial charge is 0.228 e. The van der Waals surface area contributed by atoms with Crippen LogP contribution in [-0.2, 0) is 4.79 Å². The van der Waals surface area contributed by atoms with E-state index in [4.69, 9.17) is 5.73 Å². The number of likely N-dealkylation sites (tertiary alicyclic amines) is 1. The largest absolute Gasteiger partial charge is 0.371 e. The molecule has 0 aromatic carbocycles. The van der Waals surface area contributed by atoms with Crippen LogP contribution in [0.5, 0.6) is 0 Å². The van der Waals surface area contributed by atoms with Gasteiger partial charge in [-0.05, 0) is 6.42 Å². The third kappa shape index (κ3) is 4.07. The number of carbonyl (C=O) groups is 1. The van der Waals surface area contributed by atoms with Gasteiger partial charge in [0.2, 0.25) is 11.9 Å². The Morgan fingerprint density at radius 3 is 2.59 bits per heavy atom. The number of rotatable bonds is 5. The van der Waals surface area contributed by atoms with Crippen molar-refractivity contribution in [2.24, 2.45) is 4.99 Å². The van der Waals surface area contributed by atoms with Crippen molar-refractivity contribution in [1.82, 2.24) is 25.5 Å². The summed E-state index contributed by atoms with van der Waals surface area (Å²) in [6, 6.07) is 0. The van der Waals surface area contributed by atoms with Gasteiger partial charge >= 0.3 is 0 Å². The number of aromatic nitrogens is 2. The second-order valence-electron chi connectivity index (χ2n) is 6.39. The number of aliphatic imine (C=N–C) groups is 1. The normalized spacial score (nSPS) is 23.8. The third-order valence-electron chi connectivity index (χ3n) is 4.64. The molecule has 2 aliphatic heterocycles. The van der Waals surface area contributed by atoms with Gasteiger partial charge < -0.3 is 21.7 Å². The minimum absolute atomic E-state index is 0. The van der Waals surface area contributed by atoms with Crippen molar-refractivity contribution in [1.29, 1.82) is 0 Å². The summed E-state index contributed by atoms with van der Waals surface area (Å²) in [6.07, 6.45) is 2.02. The van der Waals surface area contributed by atoms with E-state index in [0.717, 1.165) is 18.7 Å². The molecule has 27 heavy (non-hydrogen) atoms. The fourth-order valence-electron chi connectivity index (χ4n) is 3.31. The number of carbonyl (C=O) groups excluding carboxylic acids is 1. The fourth-order valence-corrected chi connectivity index (χ4v) is 3.31. The van der Waals surface area contributed by atoms with Gasteiger partial charge in [-0.1, -0.05) is 6.92 Å². The first kappa shape index (κ1) is 21.1. The number of amidine groups is 1. The molecule has 3 rings (SSSR count). The lowest BCUT2D eigenvalue weighted by Gasteiger charge is -2.49. The Kier molecular flexibility index (Phi) is 6.79. The number of nitrogens with two attached hydrogens (primary N) is 1. The maximum atomic E-state index is 11.7. The number of nitrogen functional groups attached to an aromatic ring is 1. The molecule has 0 amide bonds. The van der Waals surface area contributed by atoms with Crippen molar-refractivity contribution in [3.8, 4) is 0 Å². The van der Waals surface area contributed by atoms with Gasteiger partial charge in [-0.3, -0.25) is 15.1 Å². The van der Waals surface area contributed by atoms with E-state index in [9.17, 15) is 4.79 Å². The van der Waals surface area contributed by atoms with E-state index in [1.54, 1.807) is 14.1 Å². The molecular formula is C16H28ClN9O. The minimum Gasteiger partial charge on any atom is -0.371 e. The average molecular weight is 398 g/mol. The highest BCUT2D eigenvalue weighted by molar-refractivity contribution is 6.06. The van der Waals surface area contributed by atoms with Gasteiger partial charge in [0, 0.05) is 46.6 Å². The second kappa shape index (κ2) is 8.68. The molecule has 2 aliphatic rings. The zero-order valence-electron chi connectivity index (χ0n) is 15.9. The molecule has 0 saturated carbocycles. The molecule has 1 aromatic rings. The number of ketones is 1. The SMILES string of the molecule is CCCNC1(N2CCC(=O)CC2)NC(=NC)c2nc(N)nc(NC)c2N1.Cl. The van der Waals surface area contributed by atoms with Gasteiger partial charge in [0.25, 0.3) is 0 Å². The number of Topliss-reactive ketones (excluding diaryl/α,β-unsaturated/α-hetero) is 1. The van der Waals surface area contributed by atoms with Crippen LogP contribution >= 0.6 is 12.4 Å². The van der Waals surface area contributed by atoms with Crippen LogP contribution in [-0.4, -0.2) is 66.1 Å². The number of hydrogen-bond acceptors (Lipinski definition) is 9. The Bertz CT molecular complexity index is 716. The third-order valence-corrected chi connectivity index (χ3v) is 4.64. The lowest BCUT2D eigenvalue weighted by Crippen LogP contribution is -2.76. The number of anilines is 3. The van der Waals surface area contributed by atoms with Crippen molar-refractivity contribution < 1.29 is 4.79 Å². The summed E-state index contributed by atoms with van der Waals surface area (Å²) in [5, 5.41) is 13.6. The van der Waals surface area contributed by atoms with E-state index in [1.165, 1.54) is 0 Å². The van der Waals surface area contributed by atoms with Crippen LogP contribution in [0.15, 0.2) is 4.99 Å². The molecule has 150 valence electrons. The Morgan fingerprint density at radius 1 is 1.30 bits per heavy atom. The highest BCUT2D eigenvalue weighted by Crippen LogP contribution is 2.32. The van der Waals surface area contributed by atoms with Gasteiger partial charge in [0.1, 0.15) is 17.2 Å². The first-order valence-electron chi connectivity index (χ1n) is 8.93. The maximum Gasteiger partial charge on any atom is 0.228 e. The van der Waals surface area contributed by atoms with Crippen molar-refractivity contribution in [3.63, 3.8) is 0 Å². The quantitative estimate of drug-likeness (QED) is 0.472. The fraction of sp³-hybridized carbons (Fsp3) is 0.625. The summed E-state index contributed by atoms with van der Waals surface area (Å²) in [4.78, 5) is 26.9. The Morgan fingerprint density at radius 2 is 2.00 bits per heavy atom. The molecular weight excluding hydrogens is 370 g/mol. The number of halogens is 1. The Hall–Kier alpha value is -2.17. The van der Waals surface area contributed by atoms with Crippen LogP contribution in [0.1, 0.15) is 31.9 Å². The average Bonchev–Trinajstić information content (AvgIpc) is 2.66. The predicted molar refractivity (Wildman–Crippen MR) is 109 cm³/mol. The van der Waals surface area contributed by atoms with Crippen LogP contribution < -0.4 is 27.0 Å². The molecule has 0 aliphatic carbocycles. The van der Waals surface area contributed by atoms with Gasteiger partial charge in [-0.15, -0.1) is 12.4 Å². The maximum absolute atomic E-state index is 11.7. The molecule has 11 heteroatoms. The lowest BCUT2D eigenvalue weighted by atomic mass is 10.1.